The van der Waals surface area contributed by atoms with Crippen LogP contribution in [0, 0.1) is 17.2 Å². The van der Waals surface area contributed by atoms with Gasteiger partial charge in [0.05, 0.1) is 17.2 Å². The van der Waals surface area contributed by atoms with Crippen molar-refractivity contribution in [3.63, 3.8) is 0 Å². The summed E-state index contributed by atoms with van der Waals surface area (Å²) in [5.41, 5.74) is 5.96. The maximum Gasteiger partial charge on any atom is 0.416 e. The van der Waals surface area contributed by atoms with Gasteiger partial charge in [-0.15, -0.1) is 0 Å². The smallest absolute Gasteiger partial charge is 0.371 e. The average molecular weight is 532 g/mol. The van der Waals surface area contributed by atoms with Gasteiger partial charge in [-0.05, 0) is 104 Å². The summed E-state index contributed by atoms with van der Waals surface area (Å²) in [6.07, 6.45) is 4.01. The van der Waals surface area contributed by atoms with Gasteiger partial charge in [-0.1, -0.05) is 37.1 Å². The Hall–Kier alpha value is -3.46. The van der Waals surface area contributed by atoms with E-state index >= 15 is 0 Å². The van der Waals surface area contributed by atoms with Gasteiger partial charge in [0.2, 0.25) is 0 Å². The maximum atomic E-state index is 13.6. The van der Waals surface area contributed by atoms with E-state index in [0.717, 1.165) is 44.1 Å². The number of nitriles is 1. The monoisotopic (exact) mass is 531 g/mol. The fraction of sp³-hybridized carbons (Fsp3) is 0.424. The minimum absolute atomic E-state index is 0.0276. The Morgan fingerprint density at radius 1 is 0.872 bits per heavy atom. The van der Waals surface area contributed by atoms with E-state index in [4.69, 9.17) is 0 Å². The summed E-state index contributed by atoms with van der Waals surface area (Å²) in [6.45, 7) is 5.03. The number of benzene rings is 3. The molecule has 0 saturated heterocycles. The Morgan fingerprint density at radius 3 is 2.26 bits per heavy atom. The van der Waals surface area contributed by atoms with Crippen LogP contribution in [0.5, 0.6) is 0 Å². The largest absolute Gasteiger partial charge is 0.416 e. The normalized spacial score (nSPS) is 15.3. The molecular formula is C33H36F3N3. The molecule has 0 amide bonds. The number of fused-ring (bicyclic) bond motifs is 1. The summed E-state index contributed by atoms with van der Waals surface area (Å²) in [4.78, 5) is 4.66. The van der Waals surface area contributed by atoms with Gasteiger partial charge in [-0.25, -0.2) is 0 Å². The van der Waals surface area contributed by atoms with E-state index in [1.807, 2.05) is 36.4 Å². The van der Waals surface area contributed by atoms with Crippen molar-refractivity contribution in [2.75, 3.05) is 22.9 Å². The van der Waals surface area contributed by atoms with Gasteiger partial charge in [0.25, 0.3) is 0 Å². The lowest BCUT2D eigenvalue weighted by atomic mass is 10.00. The molecule has 1 fully saturated rings. The fourth-order valence-corrected chi connectivity index (χ4v) is 6.30. The lowest BCUT2D eigenvalue weighted by Crippen LogP contribution is -2.31. The molecule has 0 aliphatic heterocycles. The molecule has 204 valence electrons. The van der Waals surface area contributed by atoms with Crippen molar-refractivity contribution in [1.82, 2.24) is 0 Å². The van der Waals surface area contributed by atoms with Crippen molar-refractivity contribution in [3.05, 3.63) is 94.0 Å². The van der Waals surface area contributed by atoms with Crippen molar-refractivity contribution >= 4 is 11.4 Å². The van der Waals surface area contributed by atoms with Crippen molar-refractivity contribution in [1.29, 1.82) is 5.26 Å². The summed E-state index contributed by atoms with van der Waals surface area (Å²) in [5, 5.41) is 9.43. The molecule has 0 radical (unpaired) electrons. The van der Waals surface area contributed by atoms with Crippen LogP contribution >= 0.6 is 0 Å². The zero-order valence-electron chi connectivity index (χ0n) is 22.6. The van der Waals surface area contributed by atoms with Crippen LogP contribution in [0.2, 0.25) is 0 Å². The molecule has 39 heavy (non-hydrogen) atoms. The maximum absolute atomic E-state index is 13.6. The number of alkyl halides is 3. The van der Waals surface area contributed by atoms with E-state index in [-0.39, 0.29) is 12.1 Å². The Labute approximate surface area is 229 Å². The first-order valence-electron chi connectivity index (χ1n) is 14.1. The lowest BCUT2D eigenvalue weighted by molar-refractivity contribution is -0.137. The third kappa shape index (κ3) is 6.41. The zero-order chi connectivity index (χ0) is 27.4. The summed E-state index contributed by atoms with van der Waals surface area (Å²) in [5.74, 6) is 0.714. The van der Waals surface area contributed by atoms with Crippen molar-refractivity contribution in [2.45, 2.75) is 71.1 Å². The Kier molecular flexibility index (Phi) is 8.16. The topological polar surface area (TPSA) is 30.3 Å². The number of halogens is 3. The molecule has 0 unspecified atom stereocenters. The fourth-order valence-electron chi connectivity index (χ4n) is 6.30. The number of aryl methyl sites for hydroxylation is 2. The highest BCUT2D eigenvalue weighted by Crippen LogP contribution is 2.36. The van der Waals surface area contributed by atoms with Crippen LogP contribution in [-0.2, 0) is 32.1 Å². The Morgan fingerprint density at radius 2 is 1.59 bits per heavy atom. The quantitative estimate of drug-likeness (QED) is 0.278. The average Bonchev–Trinajstić information content (AvgIpc) is 3.62. The summed E-state index contributed by atoms with van der Waals surface area (Å²) in [7, 11) is 0. The van der Waals surface area contributed by atoms with Crippen LogP contribution in [0.25, 0.3) is 0 Å². The molecular weight excluding hydrogens is 495 g/mol. The Balaban J connectivity index is 1.52. The summed E-state index contributed by atoms with van der Waals surface area (Å²) >= 11 is 0. The minimum Gasteiger partial charge on any atom is -0.371 e. The first kappa shape index (κ1) is 27.1. The number of nitrogens with zero attached hydrogens (tertiary/aromatic N) is 3. The van der Waals surface area contributed by atoms with Gasteiger partial charge >= 0.3 is 6.18 Å². The van der Waals surface area contributed by atoms with E-state index in [0.29, 0.717) is 18.0 Å². The predicted molar refractivity (Wildman–Crippen MR) is 151 cm³/mol. The standard InChI is InChI=1S/C33H36F3N3/c1-2-38(21-24-9-6-7-10-24)32-19-28-12-8-11-27(28)18-29(32)23-39(31-13-4-3-5-14-31)22-26-15-25(20-37)16-30(17-26)33(34,35)36/h3-5,13-19,24H,2,6-12,21-23H2,1H3. The third-order valence-electron chi connectivity index (χ3n) is 8.27. The minimum atomic E-state index is -4.51. The van der Waals surface area contributed by atoms with Crippen LogP contribution in [-0.4, -0.2) is 13.1 Å². The molecule has 0 spiro atoms. The molecule has 0 heterocycles. The first-order chi connectivity index (χ1) is 18.8. The predicted octanol–water partition coefficient (Wildman–Crippen LogP) is 8.29. The highest BCUT2D eigenvalue weighted by molar-refractivity contribution is 5.61. The molecule has 2 aliphatic rings. The molecule has 0 N–H and O–H groups in total. The van der Waals surface area contributed by atoms with Crippen molar-refractivity contribution in [2.24, 2.45) is 5.92 Å². The molecule has 0 atom stereocenters. The molecule has 2 aliphatic carbocycles. The van der Waals surface area contributed by atoms with Crippen LogP contribution < -0.4 is 9.80 Å². The van der Waals surface area contributed by atoms with Gasteiger partial charge in [-0.2, -0.15) is 18.4 Å². The third-order valence-corrected chi connectivity index (χ3v) is 8.27. The molecule has 5 rings (SSSR count). The summed E-state index contributed by atoms with van der Waals surface area (Å²) < 4.78 is 40.9. The number of anilines is 2. The van der Waals surface area contributed by atoms with Crippen LogP contribution in [0.1, 0.15) is 72.4 Å². The van der Waals surface area contributed by atoms with E-state index in [2.05, 4.69) is 28.9 Å². The number of para-hydroxylation sites is 1. The molecule has 3 aromatic rings. The Bertz CT molecular complexity index is 1320. The zero-order valence-corrected chi connectivity index (χ0v) is 22.6. The lowest BCUT2D eigenvalue weighted by Gasteiger charge is -2.32. The summed E-state index contributed by atoms with van der Waals surface area (Å²) in [6, 6.07) is 20.2. The van der Waals surface area contributed by atoms with E-state index < -0.39 is 11.7 Å². The number of hydrogen-bond acceptors (Lipinski definition) is 3. The molecule has 0 aromatic heterocycles. The van der Waals surface area contributed by atoms with Crippen molar-refractivity contribution in [3.8, 4) is 6.07 Å². The van der Waals surface area contributed by atoms with Crippen LogP contribution in [0.3, 0.4) is 0 Å². The number of rotatable bonds is 9. The molecule has 0 bridgehead atoms. The van der Waals surface area contributed by atoms with Gasteiger partial charge in [0.15, 0.2) is 0 Å². The van der Waals surface area contributed by atoms with Gasteiger partial charge < -0.3 is 9.80 Å². The highest BCUT2D eigenvalue weighted by atomic mass is 19.4. The molecule has 6 heteroatoms. The van der Waals surface area contributed by atoms with E-state index in [9.17, 15) is 18.4 Å². The number of hydrogen-bond donors (Lipinski definition) is 0. The van der Waals surface area contributed by atoms with Crippen LogP contribution in [0.15, 0.2) is 60.7 Å². The SMILES string of the molecule is CCN(CC1CCCC1)c1cc2c(cc1CN(Cc1cc(C#N)cc(C(F)(F)F)c1)c1ccccc1)CCC2. The second-order valence-corrected chi connectivity index (χ2v) is 11.0. The van der Waals surface area contributed by atoms with Gasteiger partial charge in [0.1, 0.15) is 0 Å². The second kappa shape index (κ2) is 11.7. The van der Waals surface area contributed by atoms with Crippen molar-refractivity contribution < 1.29 is 13.2 Å². The molecule has 1 saturated carbocycles. The second-order valence-electron chi connectivity index (χ2n) is 11.0. The van der Waals surface area contributed by atoms with Crippen LogP contribution in [0.4, 0.5) is 24.5 Å². The van der Waals surface area contributed by atoms with E-state index in [1.54, 1.807) is 6.07 Å². The molecule has 3 nitrogen and oxygen atoms in total. The van der Waals surface area contributed by atoms with E-state index in [1.165, 1.54) is 54.1 Å². The van der Waals surface area contributed by atoms with Gasteiger partial charge in [0, 0.05) is 37.6 Å². The highest BCUT2D eigenvalue weighted by Gasteiger charge is 2.31. The van der Waals surface area contributed by atoms with Gasteiger partial charge in [-0.3, -0.25) is 0 Å². The first-order valence-corrected chi connectivity index (χ1v) is 14.1. The molecule has 3 aromatic carbocycles.